The topological polar surface area (TPSA) is 51.4 Å². The van der Waals surface area contributed by atoms with Gasteiger partial charge in [-0.1, -0.05) is 59.6 Å². The number of rotatable bonds is 3. The second-order valence-electron chi connectivity index (χ2n) is 10.3. The number of ether oxygens (including phenoxy) is 1. The molecule has 0 saturated heterocycles. The molecule has 0 saturated carbocycles. The summed E-state index contributed by atoms with van der Waals surface area (Å²) in [6.45, 7) is 0. The molecule has 3 aromatic heterocycles. The summed E-state index contributed by atoms with van der Waals surface area (Å²) in [4.78, 5) is 14.0. The van der Waals surface area contributed by atoms with Crippen LogP contribution < -0.4 is 14.4 Å². The fourth-order valence-electron chi connectivity index (χ4n) is 6.32. The van der Waals surface area contributed by atoms with E-state index in [-0.39, 0.29) is 28.2 Å². The maximum absolute atomic E-state index is 6.42. The van der Waals surface area contributed by atoms with Gasteiger partial charge < -0.3 is 23.4 Å². The third-order valence-corrected chi connectivity index (χ3v) is 8.05. The summed E-state index contributed by atoms with van der Waals surface area (Å²) < 4.78 is 10.7. The van der Waals surface area contributed by atoms with E-state index in [9.17, 15) is 0 Å². The largest absolute Gasteiger partial charge is 2.00 e. The molecular weight excluding hydrogens is 702 g/mol. The van der Waals surface area contributed by atoms with E-state index in [1.807, 2.05) is 55.0 Å². The molecule has 0 atom stereocenters. The smallest absolute Gasteiger partial charge is 0.503 e. The molecule has 7 aromatic rings. The van der Waals surface area contributed by atoms with Crippen molar-refractivity contribution in [1.29, 1.82) is 0 Å². The Morgan fingerprint density at radius 3 is 2.38 bits per heavy atom. The Morgan fingerprint density at radius 2 is 1.50 bits per heavy atom. The molecule has 7 nitrogen and oxygen atoms in total. The number of pyridine rings is 1. The van der Waals surface area contributed by atoms with Crippen LogP contribution in [0.5, 0.6) is 11.5 Å². The molecule has 2 aliphatic rings. The van der Waals surface area contributed by atoms with Crippen molar-refractivity contribution in [2.75, 3.05) is 16.7 Å². The van der Waals surface area contributed by atoms with E-state index in [4.69, 9.17) is 9.72 Å². The van der Waals surface area contributed by atoms with Gasteiger partial charge in [0, 0.05) is 52.8 Å². The van der Waals surface area contributed by atoms with Crippen molar-refractivity contribution >= 4 is 46.0 Å². The average molecular weight is 723 g/mol. The van der Waals surface area contributed by atoms with Crippen LogP contribution in [0.2, 0.25) is 0 Å². The van der Waals surface area contributed by atoms with Gasteiger partial charge in [-0.05, 0) is 48.5 Å². The summed E-state index contributed by atoms with van der Waals surface area (Å²) >= 11 is 0. The Labute approximate surface area is 257 Å². The molecule has 9 rings (SSSR count). The van der Waals surface area contributed by atoms with Crippen LogP contribution in [0.3, 0.4) is 0 Å². The van der Waals surface area contributed by atoms with E-state index in [0.717, 1.165) is 50.4 Å². The van der Waals surface area contributed by atoms with Crippen LogP contribution in [0.1, 0.15) is 0 Å². The first kappa shape index (κ1) is 24.9. The molecule has 0 aliphatic carbocycles. The summed E-state index contributed by atoms with van der Waals surface area (Å²) in [5.74, 6) is 2.91. The van der Waals surface area contributed by atoms with Crippen LogP contribution in [0.25, 0.3) is 39.0 Å². The number of aromatic nitrogens is 4. The van der Waals surface area contributed by atoms with E-state index in [1.165, 1.54) is 5.69 Å². The zero-order valence-corrected chi connectivity index (χ0v) is 24.6. The molecule has 0 spiro atoms. The van der Waals surface area contributed by atoms with Crippen LogP contribution in [0, 0.1) is 12.1 Å². The van der Waals surface area contributed by atoms with Crippen LogP contribution in [0.4, 0.5) is 17.1 Å². The van der Waals surface area contributed by atoms with Gasteiger partial charge in [-0.15, -0.1) is 23.6 Å². The Kier molecular flexibility index (Phi) is 5.56. The van der Waals surface area contributed by atoms with Crippen molar-refractivity contribution in [1.82, 2.24) is 19.0 Å². The van der Waals surface area contributed by atoms with Gasteiger partial charge in [0.15, 0.2) is 0 Å². The van der Waals surface area contributed by atoms with Gasteiger partial charge in [0.2, 0.25) is 0 Å². The predicted octanol–water partition coefficient (Wildman–Crippen LogP) is 6.87. The van der Waals surface area contributed by atoms with Crippen LogP contribution in [0.15, 0.2) is 110 Å². The third-order valence-electron chi connectivity index (χ3n) is 8.05. The van der Waals surface area contributed by atoms with Gasteiger partial charge in [-0.2, -0.15) is 6.07 Å². The van der Waals surface area contributed by atoms with E-state index >= 15 is 0 Å². The average Bonchev–Trinajstić information content (AvgIpc) is 3.71. The maximum Gasteiger partial charge on any atom is 2.00 e. The number of benzene rings is 4. The summed E-state index contributed by atoms with van der Waals surface area (Å²) in [6.07, 6.45) is 5.68. The van der Waals surface area contributed by atoms with Crippen LogP contribution >= 0.6 is 0 Å². The third kappa shape index (κ3) is 3.45. The maximum atomic E-state index is 6.42. The van der Waals surface area contributed by atoms with E-state index in [2.05, 4.69) is 97.4 Å². The first-order valence-electron chi connectivity index (χ1n) is 13.5. The van der Waals surface area contributed by atoms with E-state index < -0.39 is 0 Å². The summed E-state index contributed by atoms with van der Waals surface area (Å²) in [6, 6.07) is 37.9. The zero-order chi connectivity index (χ0) is 27.1. The minimum Gasteiger partial charge on any atom is -0.503 e. The van der Waals surface area contributed by atoms with Gasteiger partial charge in [-0.25, -0.2) is 4.98 Å². The fourth-order valence-corrected chi connectivity index (χ4v) is 6.32. The quantitative estimate of drug-likeness (QED) is 0.147. The molecule has 9 heteroatoms. The standard InChI is InChI=1S/C33H21BN6O.Pt/c1-37-29-10-4-5-11-30(29)40-28-16-14-22(20-26(28)33-36-18-19-38(33)34(37)40)41-23-13-15-25-24-8-2-3-9-27(24)39(31(25)21-23)32-12-6-7-17-35-32;/h2-19H,1H3;/q-2;+2. The molecule has 0 amide bonds. The minimum absolute atomic E-state index is 0. The first-order valence-corrected chi connectivity index (χ1v) is 13.5. The predicted molar refractivity (Wildman–Crippen MR) is 162 cm³/mol. The monoisotopic (exact) mass is 723 g/mol. The van der Waals surface area contributed by atoms with Gasteiger partial charge in [0.1, 0.15) is 5.82 Å². The molecule has 2 aliphatic heterocycles. The number of imidazole rings is 1. The van der Waals surface area contributed by atoms with Gasteiger partial charge >= 0.3 is 28.2 Å². The normalized spacial score (nSPS) is 13.0. The molecule has 0 N–H and O–H groups in total. The molecule has 5 heterocycles. The first-order chi connectivity index (χ1) is 20.3. The second kappa shape index (κ2) is 9.36. The molecule has 4 aromatic carbocycles. The molecular formula is C33H21BN6OPt. The number of hydrogen-bond donors (Lipinski definition) is 0. The van der Waals surface area contributed by atoms with Crippen LogP contribution in [-0.4, -0.2) is 33.2 Å². The van der Waals surface area contributed by atoms with E-state index in [1.54, 1.807) is 0 Å². The van der Waals surface area contributed by atoms with Gasteiger partial charge in [-0.3, -0.25) is 4.98 Å². The van der Waals surface area contributed by atoms with Gasteiger partial charge in [0.25, 0.3) is 0 Å². The molecule has 202 valence electrons. The van der Waals surface area contributed by atoms with Gasteiger partial charge in [0.05, 0.1) is 0 Å². The number of para-hydroxylation sites is 3. The second-order valence-corrected chi connectivity index (χ2v) is 10.3. The molecule has 0 unspecified atom stereocenters. The SMILES string of the molecule is CN1B2N(c3ccc(Oc4[c-]c5c(cc4)c4ccccc4n5-c4ccccn4)[c-]c3-c3nccn32)c2ccccc21.[Pt+2]. The number of anilines is 3. The summed E-state index contributed by atoms with van der Waals surface area (Å²) in [5.41, 5.74) is 6.27. The van der Waals surface area contributed by atoms with Crippen molar-refractivity contribution < 1.29 is 25.8 Å². The Balaban J connectivity index is 0.00000267. The van der Waals surface area contributed by atoms with Crippen molar-refractivity contribution in [2.45, 2.75) is 0 Å². The van der Waals surface area contributed by atoms with Crippen molar-refractivity contribution in [2.24, 2.45) is 0 Å². The summed E-state index contributed by atoms with van der Waals surface area (Å²) in [5, 5.41) is 2.24. The number of nitrogens with zero attached hydrogens (tertiary/aromatic N) is 6. The van der Waals surface area contributed by atoms with Crippen molar-refractivity contribution in [3.05, 3.63) is 122 Å². The summed E-state index contributed by atoms with van der Waals surface area (Å²) in [7, 11) is 2.09. The minimum atomic E-state index is -0.0261. The van der Waals surface area contributed by atoms with E-state index in [0.29, 0.717) is 11.5 Å². The molecule has 42 heavy (non-hydrogen) atoms. The Morgan fingerprint density at radius 1 is 0.714 bits per heavy atom. The molecule has 0 bridgehead atoms. The Bertz CT molecular complexity index is 2140. The molecule has 0 radical (unpaired) electrons. The van der Waals surface area contributed by atoms with Crippen molar-refractivity contribution in [3.8, 4) is 28.7 Å². The fraction of sp³-hybridized carbons (Fsp3) is 0.0303. The zero-order valence-electron chi connectivity index (χ0n) is 22.4. The van der Waals surface area contributed by atoms with Crippen molar-refractivity contribution in [3.63, 3.8) is 0 Å². The number of hydrogen-bond acceptors (Lipinski definition) is 5. The number of fused-ring (bicyclic) bond motifs is 11. The molecule has 0 fully saturated rings. The van der Waals surface area contributed by atoms with Crippen LogP contribution in [-0.2, 0) is 21.1 Å². The Hall–Kier alpha value is -4.81.